The van der Waals surface area contributed by atoms with Crippen LogP contribution in [0.25, 0.3) is 0 Å². The fraction of sp³-hybridized carbons (Fsp3) is 0.708. The Morgan fingerprint density at radius 2 is 1.89 bits per heavy atom. The molecule has 3 saturated heterocycles. The molecule has 0 unspecified atom stereocenters. The largest absolute Gasteiger partial charge is 0.377 e. The number of rotatable bonds is 4. The summed E-state index contributed by atoms with van der Waals surface area (Å²) in [6.45, 7) is 6.06. The van der Waals surface area contributed by atoms with Crippen molar-refractivity contribution in [3.63, 3.8) is 0 Å². The lowest BCUT2D eigenvalue weighted by Gasteiger charge is -2.36. The average Bonchev–Trinajstić information content (AvgIpc) is 3.35. The molecule has 3 fully saturated rings. The van der Waals surface area contributed by atoms with E-state index in [1.807, 2.05) is 0 Å². The zero-order chi connectivity index (χ0) is 18.9. The summed E-state index contributed by atoms with van der Waals surface area (Å²) in [5.74, 6) is 1.50. The topological polar surface area (TPSA) is 32.8 Å². The number of likely N-dealkylation sites (tertiary alicyclic amines) is 2. The van der Waals surface area contributed by atoms with Gasteiger partial charge in [-0.15, -0.1) is 0 Å². The molecule has 3 heterocycles. The SMILES string of the molecule is O=C(C[C@@H]1OC[C@H]2CN(Cc3ccc4c(c3)CCC4)CC[C@H]21)N1CCCCC1. The number of piperidine rings is 2. The van der Waals surface area contributed by atoms with E-state index >= 15 is 0 Å². The lowest BCUT2D eigenvalue weighted by molar-refractivity contribution is -0.134. The van der Waals surface area contributed by atoms with Gasteiger partial charge in [-0.2, -0.15) is 0 Å². The normalized spacial score (nSPS) is 30.3. The minimum Gasteiger partial charge on any atom is -0.377 e. The van der Waals surface area contributed by atoms with Crippen molar-refractivity contribution < 1.29 is 9.53 Å². The van der Waals surface area contributed by atoms with Crippen LogP contribution < -0.4 is 0 Å². The second-order valence-corrected chi connectivity index (χ2v) is 9.42. The van der Waals surface area contributed by atoms with Gasteiger partial charge in [-0.05, 0) is 74.1 Å². The molecule has 1 amide bonds. The monoisotopic (exact) mass is 382 g/mol. The van der Waals surface area contributed by atoms with Crippen molar-refractivity contribution >= 4 is 5.91 Å². The van der Waals surface area contributed by atoms with Crippen LogP contribution in [-0.2, 0) is 28.9 Å². The van der Waals surface area contributed by atoms with E-state index in [-0.39, 0.29) is 6.10 Å². The second kappa shape index (κ2) is 8.16. The Kier molecular flexibility index (Phi) is 5.43. The molecule has 3 aliphatic heterocycles. The fourth-order valence-electron chi connectivity index (χ4n) is 5.94. The maximum Gasteiger partial charge on any atom is 0.225 e. The summed E-state index contributed by atoms with van der Waals surface area (Å²) >= 11 is 0. The molecule has 152 valence electrons. The molecule has 4 aliphatic rings. The minimum absolute atomic E-state index is 0.154. The van der Waals surface area contributed by atoms with Crippen molar-refractivity contribution in [2.24, 2.45) is 11.8 Å². The van der Waals surface area contributed by atoms with Crippen LogP contribution in [0.3, 0.4) is 0 Å². The molecule has 1 aromatic carbocycles. The van der Waals surface area contributed by atoms with Gasteiger partial charge in [0.05, 0.1) is 19.1 Å². The molecule has 0 saturated carbocycles. The van der Waals surface area contributed by atoms with E-state index in [9.17, 15) is 4.79 Å². The molecule has 0 spiro atoms. The van der Waals surface area contributed by atoms with E-state index in [1.165, 1.54) is 50.5 Å². The Bertz CT molecular complexity index is 713. The smallest absolute Gasteiger partial charge is 0.225 e. The zero-order valence-corrected chi connectivity index (χ0v) is 17.1. The molecule has 0 radical (unpaired) electrons. The Labute approximate surface area is 169 Å². The molecular weight excluding hydrogens is 348 g/mol. The third kappa shape index (κ3) is 3.86. The van der Waals surface area contributed by atoms with Gasteiger partial charge in [0.15, 0.2) is 0 Å². The van der Waals surface area contributed by atoms with Crippen molar-refractivity contribution in [1.82, 2.24) is 9.80 Å². The quantitative estimate of drug-likeness (QED) is 0.800. The van der Waals surface area contributed by atoms with Crippen LogP contribution in [0, 0.1) is 11.8 Å². The van der Waals surface area contributed by atoms with Gasteiger partial charge in [-0.1, -0.05) is 18.2 Å². The van der Waals surface area contributed by atoms with Gasteiger partial charge in [0.25, 0.3) is 0 Å². The molecule has 1 aromatic rings. The van der Waals surface area contributed by atoms with Crippen LogP contribution in [0.5, 0.6) is 0 Å². The summed E-state index contributed by atoms with van der Waals surface area (Å²) in [6.07, 6.45) is 9.38. The van der Waals surface area contributed by atoms with Crippen LogP contribution in [0.15, 0.2) is 18.2 Å². The first-order valence-corrected chi connectivity index (χ1v) is 11.5. The number of hydrogen-bond donors (Lipinski definition) is 0. The molecule has 0 N–H and O–H groups in total. The predicted octanol–water partition coefficient (Wildman–Crippen LogP) is 3.41. The van der Waals surface area contributed by atoms with E-state index in [4.69, 9.17) is 4.74 Å². The Balaban J connectivity index is 1.15. The second-order valence-electron chi connectivity index (χ2n) is 9.42. The van der Waals surface area contributed by atoms with Crippen molar-refractivity contribution in [3.8, 4) is 0 Å². The van der Waals surface area contributed by atoms with Crippen molar-refractivity contribution in [1.29, 1.82) is 0 Å². The first kappa shape index (κ1) is 18.6. The molecule has 5 rings (SSSR count). The fourth-order valence-corrected chi connectivity index (χ4v) is 5.94. The molecule has 4 nitrogen and oxygen atoms in total. The predicted molar refractivity (Wildman–Crippen MR) is 110 cm³/mol. The van der Waals surface area contributed by atoms with Gasteiger partial charge >= 0.3 is 0 Å². The highest BCUT2D eigenvalue weighted by atomic mass is 16.5. The Hall–Kier alpha value is -1.39. The summed E-state index contributed by atoms with van der Waals surface area (Å²) in [6, 6.07) is 7.13. The third-order valence-electron chi connectivity index (χ3n) is 7.53. The molecule has 28 heavy (non-hydrogen) atoms. The van der Waals surface area contributed by atoms with Gasteiger partial charge < -0.3 is 9.64 Å². The molecule has 4 heteroatoms. The minimum atomic E-state index is 0.154. The average molecular weight is 383 g/mol. The highest BCUT2D eigenvalue weighted by molar-refractivity contribution is 5.76. The van der Waals surface area contributed by atoms with Gasteiger partial charge in [-0.3, -0.25) is 9.69 Å². The van der Waals surface area contributed by atoms with E-state index in [1.54, 1.807) is 11.1 Å². The van der Waals surface area contributed by atoms with Crippen LogP contribution in [-0.4, -0.2) is 54.6 Å². The molecule has 0 bridgehead atoms. The van der Waals surface area contributed by atoms with Crippen LogP contribution in [0.1, 0.15) is 55.2 Å². The Morgan fingerprint density at radius 3 is 2.79 bits per heavy atom. The summed E-state index contributed by atoms with van der Waals surface area (Å²) in [5, 5.41) is 0. The molecule has 0 aromatic heterocycles. The van der Waals surface area contributed by atoms with Crippen molar-refractivity contribution in [3.05, 3.63) is 34.9 Å². The first-order chi connectivity index (χ1) is 13.8. The van der Waals surface area contributed by atoms with Gasteiger partial charge in [0, 0.05) is 32.1 Å². The third-order valence-corrected chi connectivity index (χ3v) is 7.53. The summed E-state index contributed by atoms with van der Waals surface area (Å²) in [5.41, 5.74) is 4.61. The van der Waals surface area contributed by atoms with Crippen molar-refractivity contribution in [2.75, 3.05) is 32.8 Å². The van der Waals surface area contributed by atoms with E-state index in [0.29, 0.717) is 24.2 Å². The maximum absolute atomic E-state index is 12.7. The van der Waals surface area contributed by atoms with Crippen LogP contribution >= 0.6 is 0 Å². The van der Waals surface area contributed by atoms with E-state index in [2.05, 4.69) is 28.0 Å². The number of carbonyl (C=O) groups excluding carboxylic acids is 1. The molecule has 1 aliphatic carbocycles. The Morgan fingerprint density at radius 1 is 1.04 bits per heavy atom. The molecule has 3 atom stereocenters. The number of ether oxygens (including phenoxy) is 1. The van der Waals surface area contributed by atoms with E-state index in [0.717, 1.165) is 39.3 Å². The van der Waals surface area contributed by atoms with Gasteiger partial charge in [0.2, 0.25) is 5.91 Å². The van der Waals surface area contributed by atoms with Crippen molar-refractivity contribution in [2.45, 2.75) is 64.0 Å². The number of aryl methyl sites for hydroxylation is 2. The van der Waals surface area contributed by atoms with Gasteiger partial charge in [-0.25, -0.2) is 0 Å². The van der Waals surface area contributed by atoms with Gasteiger partial charge in [0.1, 0.15) is 0 Å². The number of benzene rings is 1. The van der Waals surface area contributed by atoms with Crippen LogP contribution in [0.4, 0.5) is 0 Å². The highest BCUT2D eigenvalue weighted by Gasteiger charge is 2.42. The lowest BCUT2D eigenvalue weighted by atomic mass is 9.83. The lowest BCUT2D eigenvalue weighted by Crippen LogP contribution is -2.43. The van der Waals surface area contributed by atoms with E-state index < -0.39 is 0 Å². The number of amides is 1. The summed E-state index contributed by atoms with van der Waals surface area (Å²) < 4.78 is 6.15. The first-order valence-electron chi connectivity index (χ1n) is 11.5. The summed E-state index contributed by atoms with van der Waals surface area (Å²) in [4.78, 5) is 17.3. The standard InChI is InChI=1S/C24H34N2O2/c27-24(26-10-2-1-3-11-26)14-23-22-9-12-25(16-21(22)17-28-23)15-18-7-8-19-5-4-6-20(19)13-18/h7-8,13,21-23H,1-6,9-12,14-17H2/t21-,22-,23+/m1/s1. The number of fused-ring (bicyclic) bond motifs is 2. The summed E-state index contributed by atoms with van der Waals surface area (Å²) in [7, 11) is 0. The highest BCUT2D eigenvalue weighted by Crippen LogP contribution is 2.37. The van der Waals surface area contributed by atoms with Crippen LogP contribution in [0.2, 0.25) is 0 Å². The number of nitrogens with zero attached hydrogens (tertiary/aromatic N) is 2. The molecular formula is C24H34N2O2. The maximum atomic E-state index is 12.7. The number of hydrogen-bond acceptors (Lipinski definition) is 3. The zero-order valence-electron chi connectivity index (χ0n) is 17.1. The number of carbonyl (C=O) groups is 1.